The molecule has 0 radical (unpaired) electrons. The minimum atomic E-state index is -0.473. The maximum Gasteiger partial charge on any atom is 0.140 e. The zero-order valence-corrected chi connectivity index (χ0v) is 9.93. The fourth-order valence-electron chi connectivity index (χ4n) is 1.25. The summed E-state index contributed by atoms with van der Waals surface area (Å²) in [5, 5.41) is 17.8. The number of nitrogens with zero attached hydrogens (tertiary/aromatic N) is 1. The molecule has 0 bridgehead atoms. The van der Waals surface area contributed by atoms with Crippen molar-refractivity contribution in [2.24, 2.45) is 0 Å². The highest BCUT2D eigenvalue weighted by Crippen LogP contribution is 2.21. The Balaban J connectivity index is 2.58. The van der Waals surface area contributed by atoms with Gasteiger partial charge >= 0.3 is 0 Å². The normalized spacial score (nSPS) is 12.1. The van der Waals surface area contributed by atoms with Crippen LogP contribution in [0.2, 0.25) is 0 Å². The first-order valence-electron chi connectivity index (χ1n) is 5.08. The molecule has 0 fully saturated rings. The molecule has 4 heteroatoms. The van der Waals surface area contributed by atoms with Gasteiger partial charge in [-0.15, -0.1) is 0 Å². The summed E-state index contributed by atoms with van der Waals surface area (Å²) in [5.74, 6) is 0.260. The summed E-state index contributed by atoms with van der Waals surface area (Å²) in [5.41, 5.74) is 1.03. The highest BCUT2D eigenvalue weighted by Gasteiger charge is 2.05. The molecule has 0 aliphatic carbocycles. The van der Waals surface area contributed by atoms with Gasteiger partial charge in [-0.3, -0.25) is 0 Å². The largest absolute Gasteiger partial charge is 0.396 e. The molecule has 1 rings (SSSR count). The molecule has 0 saturated heterocycles. The molecule has 16 heavy (non-hydrogen) atoms. The van der Waals surface area contributed by atoms with Gasteiger partial charge in [-0.1, -0.05) is 13.0 Å². The lowest BCUT2D eigenvalue weighted by atomic mass is 10.1. The quantitative estimate of drug-likeness (QED) is 0.859. The van der Waals surface area contributed by atoms with Crippen molar-refractivity contribution in [3.63, 3.8) is 0 Å². The Morgan fingerprint density at radius 1 is 1.56 bits per heavy atom. The van der Waals surface area contributed by atoms with Gasteiger partial charge < -0.3 is 5.11 Å². The highest BCUT2D eigenvalue weighted by atomic mass is 32.2. The van der Waals surface area contributed by atoms with E-state index >= 15 is 0 Å². The Labute approximate surface area is 99.1 Å². The number of halogens is 1. The van der Waals surface area contributed by atoms with Gasteiger partial charge in [-0.05, 0) is 24.1 Å². The molecular weight excluding hydrogens is 225 g/mol. The first-order chi connectivity index (χ1) is 7.67. The Morgan fingerprint density at radius 2 is 2.31 bits per heavy atom. The molecule has 0 amide bonds. The molecule has 0 aliphatic rings. The molecule has 2 nitrogen and oxygen atoms in total. The standard InChI is InChI=1S/C12H14FNOS/c1-9(4-5-15)16-8-10-2-3-12(13)11(6-10)7-14/h2-3,6,9,15H,4-5,8H2,1H3. The average molecular weight is 239 g/mol. The lowest BCUT2D eigenvalue weighted by Crippen LogP contribution is -2.00. The van der Waals surface area contributed by atoms with Crippen molar-refractivity contribution < 1.29 is 9.50 Å². The SMILES string of the molecule is CC(CCO)SCc1ccc(F)c(C#N)c1. The molecule has 1 aromatic carbocycles. The van der Waals surface area contributed by atoms with Crippen LogP contribution >= 0.6 is 11.8 Å². The lowest BCUT2D eigenvalue weighted by molar-refractivity contribution is 0.289. The van der Waals surface area contributed by atoms with Gasteiger partial charge in [0.1, 0.15) is 11.9 Å². The molecule has 0 aromatic heterocycles. The van der Waals surface area contributed by atoms with Crippen LogP contribution in [-0.2, 0) is 5.75 Å². The van der Waals surface area contributed by atoms with Crippen molar-refractivity contribution in [3.05, 3.63) is 35.1 Å². The van der Waals surface area contributed by atoms with Gasteiger partial charge in [-0.2, -0.15) is 17.0 Å². The maximum absolute atomic E-state index is 13.0. The van der Waals surface area contributed by atoms with Crippen LogP contribution in [-0.4, -0.2) is 17.0 Å². The lowest BCUT2D eigenvalue weighted by Gasteiger charge is -2.09. The summed E-state index contributed by atoms with van der Waals surface area (Å²) < 4.78 is 13.0. The van der Waals surface area contributed by atoms with Crippen molar-refractivity contribution in [3.8, 4) is 6.07 Å². The van der Waals surface area contributed by atoms with Gasteiger partial charge in [0, 0.05) is 17.6 Å². The van der Waals surface area contributed by atoms with Gasteiger partial charge in [0.25, 0.3) is 0 Å². The monoisotopic (exact) mass is 239 g/mol. The third-order valence-corrected chi connectivity index (χ3v) is 3.53. The second-order valence-corrected chi connectivity index (χ2v) is 4.99. The van der Waals surface area contributed by atoms with Crippen LogP contribution in [0, 0.1) is 17.1 Å². The number of aliphatic hydroxyl groups is 1. The van der Waals surface area contributed by atoms with Crippen molar-refractivity contribution in [1.82, 2.24) is 0 Å². The predicted octanol–water partition coefficient (Wildman–Crippen LogP) is 2.70. The summed E-state index contributed by atoms with van der Waals surface area (Å²) in [7, 11) is 0. The Bertz CT molecular complexity index is 389. The fraction of sp³-hybridized carbons (Fsp3) is 0.417. The maximum atomic E-state index is 13.0. The van der Waals surface area contributed by atoms with E-state index in [9.17, 15) is 4.39 Å². The average Bonchev–Trinajstić information content (AvgIpc) is 2.28. The van der Waals surface area contributed by atoms with E-state index < -0.39 is 5.82 Å². The van der Waals surface area contributed by atoms with Crippen LogP contribution in [0.5, 0.6) is 0 Å². The zero-order valence-electron chi connectivity index (χ0n) is 9.11. The molecule has 0 saturated carbocycles. The number of aliphatic hydroxyl groups excluding tert-OH is 1. The second kappa shape index (κ2) is 6.51. The van der Waals surface area contributed by atoms with Gasteiger partial charge in [0.15, 0.2) is 0 Å². The van der Waals surface area contributed by atoms with E-state index in [0.717, 1.165) is 17.7 Å². The Kier molecular flexibility index (Phi) is 5.30. The minimum absolute atomic E-state index is 0.0907. The first kappa shape index (κ1) is 13.0. The van der Waals surface area contributed by atoms with E-state index in [1.54, 1.807) is 23.9 Å². The van der Waals surface area contributed by atoms with E-state index in [-0.39, 0.29) is 12.2 Å². The van der Waals surface area contributed by atoms with Crippen LogP contribution in [0.1, 0.15) is 24.5 Å². The van der Waals surface area contributed by atoms with Crippen molar-refractivity contribution in [2.45, 2.75) is 24.3 Å². The number of rotatable bonds is 5. The molecule has 0 spiro atoms. The molecule has 0 heterocycles. The molecule has 1 unspecified atom stereocenters. The van der Waals surface area contributed by atoms with Crippen molar-refractivity contribution >= 4 is 11.8 Å². The van der Waals surface area contributed by atoms with Crippen molar-refractivity contribution in [1.29, 1.82) is 5.26 Å². The molecule has 1 aromatic rings. The van der Waals surface area contributed by atoms with Gasteiger partial charge in [-0.25, -0.2) is 4.39 Å². The predicted molar refractivity (Wildman–Crippen MR) is 63.6 cm³/mol. The first-order valence-corrected chi connectivity index (χ1v) is 6.13. The van der Waals surface area contributed by atoms with Crippen molar-refractivity contribution in [2.75, 3.05) is 6.61 Å². The van der Waals surface area contributed by atoms with Crippen LogP contribution in [0.25, 0.3) is 0 Å². The molecule has 1 atom stereocenters. The summed E-state index contributed by atoms with van der Waals surface area (Å²) in [6, 6.07) is 6.42. The molecule has 0 aliphatic heterocycles. The number of hydrogen-bond acceptors (Lipinski definition) is 3. The fourth-order valence-corrected chi connectivity index (χ4v) is 2.18. The summed E-state index contributed by atoms with van der Waals surface area (Å²) in [6.07, 6.45) is 0.747. The summed E-state index contributed by atoms with van der Waals surface area (Å²) in [4.78, 5) is 0. The van der Waals surface area contributed by atoms with Gasteiger partial charge in [0.05, 0.1) is 5.56 Å². The van der Waals surface area contributed by atoms with E-state index in [1.165, 1.54) is 6.07 Å². The van der Waals surface area contributed by atoms with Crippen LogP contribution in [0.3, 0.4) is 0 Å². The second-order valence-electron chi connectivity index (χ2n) is 3.56. The topological polar surface area (TPSA) is 44.0 Å². The smallest absolute Gasteiger partial charge is 0.140 e. The molecule has 1 N–H and O–H groups in total. The summed E-state index contributed by atoms with van der Waals surface area (Å²) >= 11 is 1.69. The molecular formula is C12H14FNOS. The van der Waals surface area contributed by atoms with Crippen LogP contribution in [0.15, 0.2) is 18.2 Å². The Hall–Kier alpha value is -1.05. The van der Waals surface area contributed by atoms with Crippen LogP contribution in [0.4, 0.5) is 4.39 Å². The third kappa shape index (κ3) is 3.84. The van der Waals surface area contributed by atoms with Crippen LogP contribution < -0.4 is 0 Å². The van der Waals surface area contributed by atoms with E-state index in [0.29, 0.717) is 5.25 Å². The van der Waals surface area contributed by atoms with E-state index in [1.807, 2.05) is 13.0 Å². The third-order valence-electron chi connectivity index (χ3n) is 2.22. The number of thioether (sulfide) groups is 1. The number of hydrogen-bond donors (Lipinski definition) is 1. The highest BCUT2D eigenvalue weighted by molar-refractivity contribution is 7.99. The summed E-state index contributed by atoms with van der Waals surface area (Å²) in [6.45, 7) is 2.22. The van der Waals surface area contributed by atoms with Gasteiger partial charge in [0.2, 0.25) is 0 Å². The molecule has 86 valence electrons. The number of nitriles is 1. The zero-order chi connectivity index (χ0) is 12.0. The number of benzene rings is 1. The Morgan fingerprint density at radius 3 is 2.94 bits per heavy atom. The minimum Gasteiger partial charge on any atom is -0.396 e. The van der Waals surface area contributed by atoms with E-state index in [2.05, 4.69) is 0 Å². The van der Waals surface area contributed by atoms with E-state index in [4.69, 9.17) is 10.4 Å².